The van der Waals surface area contributed by atoms with Crippen LogP contribution in [0.1, 0.15) is 31.7 Å². The lowest BCUT2D eigenvalue weighted by atomic mass is 10.1. The first kappa shape index (κ1) is 28.8. The van der Waals surface area contributed by atoms with Gasteiger partial charge in [-0.1, -0.05) is 29.3 Å². The highest BCUT2D eigenvalue weighted by Crippen LogP contribution is 2.33. The summed E-state index contributed by atoms with van der Waals surface area (Å²) in [7, 11) is -4.03. The Morgan fingerprint density at radius 2 is 1.89 bits per heavy atom. The highest BCUT2D eigenvalue weighted by atomic mass is 35.5. The molecule has 37 heavy (non-hydrogen) atoms. The number of imidazole rings is 1. The molecule has 1 unspecified atom stereocenters. The van der Waals surface area contributed by atoms with Crippen LogP contribution in [0, 0.1) is 0 Å². The number of aliphatic hydroxyl groups is 1. The van der Waals surface area contributed by atoms with Gasteiger partial charge in [-0.05, 0) is 62.6 Å². The third-order valence-electron chi connectivity index (χ3n) is 5.65. The van der Waals surface area contributed by atoms with E-state index >= 15 is 0 Å². The molecule has 12 heteroatoms. The number of benzene rings is 2. The summed E-state index contributed by atoms with van der Waals surface area (Å²) in [6.07, 6.45) is 6.27. The molecule has 3 aromatic rings. The molecule has 0 bridgehead atoms. The van der Waals surface area contributed by atoms with Crippen molar-refractivity contribution in [2.75, 3.05) is 17.5 Å². The Morgan fingerprint density at radius 1 is 1.16 bits per heavy atom. The molecule has 0 saturated carbocycles. The molecule has 0 spiro atoms. The monoisotopic (exact) mass is 568 g/mol. The van der Waals surface area contributed by atoms with Gasteiger partial charge in [0.2, 0.25) is 0 Å². The van der Waals surface area contributed by atoms with Gasteiger partial charge in [-0.15, -0.1) is 0 Å². The van der Waals surface area contributed by atoms with Gasteiger partial charge in [-0.2, -0.15) is 0 Å². The maximum Gasteiger partial charge on any atom is 0.407 e. The molecule has 0 aliphatic carbocycles. The number of alkyl carbamates (subject to hydrolysis) is 1. The van der Waals surface area contributed by atoms with Gasteiger partial charge >= 0.3 is 6.09 Å². The Balaban J connectivity index is 1.63. The van der Waals surface area contributed by atoms with Crippen molar-refractivity contribution < 1.29 is 23.1 Å². The van der Waals surface area contributed by atoms with E-state index in [-0.39, 0.29) is 23.8 Å². The van der Waals surface area contributed by atoms with Crippen LogP contribution in [0.3, 0.4) is 0 Å². The van der Waals surface area contributed by atoms with Gasteiger partial charge in [0.25, 0.3) is 10.0 Å². The lowest BCUT2D eigenvalue weighted by Gasteiger charge is -2.32. The SMILES string of the molecule is CC(CCCOC(=O)NCCCn1ccnc1)N(c1cc(Cl)ccc1CO)S(=O)(=O)c1ccc(Cl)cc1. The van der Waals surface area contributed by atoms with Crippen molar-refractivity contribution in [3.8, 4) is 0 Å². The Hall–Kier alpha value is -2.79. The molecule has 2 aromatic carbocycles. The van der Waals surface area contributed by atoms with Crippen LogP contribution < -0.4 is 9.62 Å². The molecule has 3 rings (SSSR count). The van der Waals surface area contributed by atoms with Gasteiger partial charge in [0.15, 0.2) is 0 Å². The number of aromatic nitrogens is 2. The average molecular weight is 570 g/mol. The van der Waals surface area contributed by atoms with Gasteiger partial charge in [0.05, 0.1) is 30.1 Å². The number of hydrogen-bond donors (Lipinski definition) is 2. The molecule has 1 heterocycles. The Morgan fingerprint density at radius 3 is 2.57 bits per heavy atom. The van der Waals surface area contributed by atoms with Crippen LogP contribution in [0.4, 0.5) is 10.5 Å². The number of nitrogens with zero attached hydrogens (tertiary/aromatic N) is 3. The molecular weight excluding hydrogens is 539 g/mol. The summed E-state index contributed by atoms with van der Waals surface area (Å²) >= 11 is 12.1. The topological polar surface area (TPSA) is 114 Å². The van der Waals surface area contributed by atoms with E-state index in [1.54, 1.807) is 31.6 Å². The Bertz CT molecular complexity index is 1250. The van der Waals surface area contributed by atoms with Gasteiger partial charge in [0.1, 0.15) is 0 Å². The molecule has 0 radical (unpaired) electrons. The number of carbonyl (C=O) groups excluding carboxylic acids is 1. The number of halogens is 2. The zero-order valence-electron chi connectivity index (χ0n) is 20.4. The molecule has 0 aliphatic heterocycles. The van der Waals surface area contributed by atoms with E-state index < -0.39 is 22.2 Å². The highest BCUT2D eigenvalue weighted by molar-refractivity contribution is 7.92. The fraction of sp³-hybridized carbons (Fsp3) is 0.360. The number of anilines is 1. The van der Waals surface area contributed by atoms with E-state index in [4.69, 9.17) is 27.9 Å². The third-order valence-corrected chi connectivity index (χ3v) is 8.08. The first-order valence-corrected chi connectivity index (χ1v) is 14.0. The predicted molar refractivity (Wildman–Crippen MR) is 143 cm³/mol. The first-order valence-electron chi connectivity index (χ1n) is 11.8. The second-order valence-electron chi connectivity index (χ2n) is 8.39. The number of sulfonamides is 1. The van der Waals surface area contributed by atoms with Gasteiger partial charge < -0.3 is 19.7 Å². The summed E-state index contributed by atoms with van der Waals surface area (Å²) in [6.45, 7) is 2.70. The summed E-state index contributed by atoms with van der Waals surface area (Å²) in [5.41, 5.74) is 0.703. The van der Waals surface area contributed by atoms with Gasteiger partial charge in [-0.3, -0.25) is 4.31 Å². The number of rotatable bonds is 13. The zero-order valence-corrected chi connectivity index (χ0v) is 22.7. The molecule has 0 aliphatic rings. The minimum Gasteiger partial charge on any atom is -0.450 e. The maximum absolute atomic E-state index is 13.7. The van der Waals surface area contributed by atoms with Crippen LogP contribution >= 0.6 is 23.2 Å². The van der Waals surface area contributed by atoms with E-state index in [0.29, 0.717) is 35.0 Å². The molecule has 200 valence electrons. The minimum absolute atomic E-state index is 0.0546. The van der Waals surface area contributed by atoms with Crippen molar-refractivity contribution in [1.29, 1.82) is 0 Å². The molecule has 1 amide bonds. The Kier molecular flexibility index (Phi) is 10.6. The quantitative estimate of drug-likeness (QED) is 0.284. The summed E-state index contributed by atoms with van der Waals surface area (Å²) in [4.78, 5) is 16.0. The Labute approximate surface area is 227 Å². The van der Waals surface area contributed by atoms with E-state index in [2.05, 4.69) is 10.3 Å². The molecule has 1 aromatic heterocycles. The maximum atomic E-state index is 13.7. The molecule has 0 saturated heterocycles. The largest absolute Gasteiger partial charge is 0.450 e. The molecule has 0 fully saturated rings. The smallest absolute Gasteiger partial charge is 0.407 e. The molecular formula is C25H30Cl2N4O5S. The lowest BCUT2D eigenvalue weighted by molar-refractivity contribution is 0.143. The number of carbonyl (C=O) groups is 1. The van der Waals surface area contributed by atoms with Crippen molar-refractivity contribution in [3.63, 3.8) is 0 Å². The van der Waals surface area contributed by atoms with Crippen molar-refractivity contribution >= 4 is 45.0 Å². The number of nitrogens with one attached hydrogen (secondary N) is 1. The standard InChI is InChI=1S/C25H30Cl2N4O5S/c1-19(4-2-15-36-25(33)29-11-3-13-30-14-12-28-18-30)31(24-16-22(27)6-5-20(24)17-32)37(34,35)23-9-7-21(26)8-10-23/h5-10,12,14,16,18-19,32H,2-4,11,13,15,17H2,1H3,(H,29,33). The van der Waals surface area contributed by atoms with Crippen molar-refractivity contribution in [1.82, 2.24) is 14.9 Å². The summed E-state index contributed by atoms with van der Waals surface area (Å²) in [5, 5.41) is 13.3. The van der Waals surface area contributed by atoms with Crippen molar-refractivity contribution in [2.45, 2.75) is 50.3 Å². The van der Waals surface area contributed by atoms with Gasteiger partial charge in [0, 0.05) is 47.1 Å². The third kappa shape index (κ3) is 8.10. The van der Waals surface area contributed by atoms with Crippen LogP contribution in [0.2, 0.25) is 10.0 Å². The molecule has 2 N–H and O–H groups in total. The zero-order chi connectivity index (χ0) is 26.8. The number of hydrogen-bond acceptors (Lipinski definition) is 6. The minimum atomic E-state index is -4.03. The number of amides is 1. The van der Waals surface area contributed by atoms with Crippen LogP contribution in [-0.2, 0) is 27.9 Å². The van der Waals surface area contributed by atoms with E-state index in [9.17, 15) is 18.3 Å². The second-order valence-corrected chi connectivity index (χ2v) is 11.1. The average Bonchev–Trinajstić information content (AvgIpc) is 3.39. The van der Waals surface area contributed by atoms with E-state index in [0.717, 1.165) is 13.0 Å². The summed E-state index contributed by atoms with van der Waals surface area (Å²) in [6, 6.07) is 10.0. The first-order chi connectivity index (χ1) is 17.7. The van der Waals surface area contributed by atoms with Gasteiger partial charge in [-0.25, -0.2) is 18.2 Å². The van der Waals surface area contributed by atoms with E-state index in [1.165, 1.54) is 34.6 Å². The highest BCUT2D eigenvalue weighted by Gasteiger charge is 2.31. The molecule has 1 atom stereocenters. The fourth-order valence-corrected chi connectivity index (χ4v) is 5.79. The molecule has 9 nitrogen and oxygen atoms in total. The second kappa shape index (κ2) is 13.7. The normalized spacial score (nSPS) is 12.2. The predicted octanol–water partition coefficient (Wildman–Crippen LogP) is 4.86. The summed E-state index contributed by atoms with van der Waals surface area (Å²) < 4.78 is 35.8. The van der Waals surface area contributed by atoms with Crippen molar-refractivity contribution in [3.05, 3.63) is 76.8 Å². The van der Waals surface area contributed by atoms with Crippen molar-refractivity contribution in [2.24, 2.45) is 0 Å². The van der Waals surface area contributed by atoms with Crippen LogP contribution in [0.15, 0.2) is 66.1 Å². The number of aryl methyl sites for hydroxylation is 1. The van der Waals surface area contributed by atoms with Crippen LogP contribution in [0.5, 0.6) is 0 Å². The summed E-state index contributed by atoms with van der Waals surface area (Å²) in [5.74, 6) is 0. The number of ether oxygens (including phenoxy) is 1. The van der Waals surface area contributed by atoms with Crippen LogP contribution in [-0.4, -0.2) is 48.4 Å². The number of aliphatic hydroxyl groups excluding tert-OH is 1. The van der Waals surface area contributed by atoms with E-state index in [1.807, 2.05) is 10.8 Å². The fourth-order valence-electron chi connectivity index (χ4n) is 3.78. The van der Waals surface area contributed by atoms with Crippen LogP contribution in [0.25, 0.3) is 0 Å². The lowest BCUT2D eigenvalue weighted by Crippen LogP contribution is -2.39.